The van der Waals surface area contributed by atoms with Gasteiger partial charge < -0.3 is 5.32 Å². The molecule has 0 spiro atoms. The van der Waals surface area contributed by atoms with Crippen LogP contribution in [0.5, 0.6) is 0 Å². The van der Waals surface area contributed by atoms with E-state index in [0.717, 1.165) is 12.1 Å². The van der Waals surface area contributed by atoms with Crippen molar-refractivity contribution in [3.63, 3.8) is 0 Å². The Balaban J connectivity index is 3.24. The molecule has 0 aromatic heterocycles. The Kier molecular flexibility index (Phi) is 3.48. The highest BCUT2D eigenvalue weighted by Gasteiger charge is 2.32. The van der Waals surface area contributed by atoms with E-state index in [4.69, 9.17) is 0 Å². The van der Waals surface area contributed by atoms with Crippen LogP contribution in [0.25, 0.3) is 0 Å². The van der Waals surface area contributed by atoms with Crippen molar-refractivity contribution in [3.05, 3.63) is 39.4 Å². The van der Waals surface area contributed by atoms with Gasteiger partial charge in [-0.15, -0.1) is 0 Å². The second kappa shape index (κ2) is 4.48. The summed E-state index contributed by atoms with van der Waals surface area (Å²) in [5, 5.41) is 13.1. The molecule has 4 nitrogen and oxygen atoms in total. The molecule has 0 unspecified atom stereocenters. The van der Waals surface area contributed by atoms with Crippen molar-refractivity contribution >= 4 is 5.69 Å². The van der Waals surface area contributed by atoms with Crippen molar-refractivity contribution in [2.24, 2.45) is 0 Å². The lowest BCUT2D eigenvalue weighted by atomic mass is 10.1. The summed E-state index contributed by atoms with van der Waals surface area (Å²) in [6, 6.07) is 2.54. The van der Waals surface area contributed by atoms with E-state index in [9.17, 15) is 23.3 Å². The lowest BCUT2D eigenvalue weighted by Gasteiger charge is -2.08. The largest absolute Gasteiger partial charge is 0.416 e. The zero-order chi connectivity index (χ0) is 12.3. The van der Waals surface area contributed by atoms with Gasteiger partial charge in [-0.3, -0.25) is 10.1 Å². The summed E-state index contributed by atoms with van der Waals surface area (Å²) in [5.41, 5.74) is -1.34. The molecule has 0 aliphatic carbocycles. The van der Waals surface area contributed by atoms with E-state index in [1.165, 1.54) is 0 Å². The second-order valence-corrected chi connectivity index (χ2v) is 3.17. The number of halogens is 3. The average molecular weight is 234 g/mol. The number of nitro benzene ring substituents is 1. The molecule has 7 heteroatoms. The number of nitrogens with one attached hydrogen (secondary N) is 1. The van der Waals surface area contributed by atoms with Crippen molar-refractivity contribution in [2.75, 3.05) is 7.05 Å². The normalized spacial score (nSPS) is 11.5. The first-order valence-corrected chi connectivity index (χ1v) is 4.34. The highest BCUT2D eigenvalue weighted by Crippen LogP contribution is 2.32. The van der Waals surface area contributed by atoms with Gasteiger partial charge >= 0.3 is 6.18 Å². The summed E-state index contributed by atoms with van der Waals surface area (Å²) in [5.74, 6) is 0. The quantitative estimate of drug-likeness (QED) is 0.645. The van der Waals surface area contributed by atoms with Crippen LogP contribution in [0.4, 0.5) is 18.9 Å². The van der Waals surface area contributed by atoms with Crippen molar-refractivity contribution < 1.29 is 18.1 Å². The molecule has 0 aliphatic rings. The number of hydrogen-bond acceptors (Lipinski definition) is 3. The Bertz CT molecular complexity index is 404. The van der Waals surface area contributed by atoms with E-state index in [1.54, 1.807) is 7.05 Å². The van der Waals surface area contributed by atoms with Crippen LogP contribution in [0.15, 0.2) is 18.2 Å². The first-order valence-electron chi connectivity index (χ1n) is 4.34. The van der Waals surface area contributed by atoms with Crippen LogP contribution in [0.1, 0.15) is 11.1 Å². The maximum atomic E-state index is 12.4. The fourth-order valence-electron chi connectivity index (χ4n) is 1.25. The van der Waals surface area contributed by atoms with Gasteiger partial charge in [0.05, 0.1) is 10.5 Å². The highest BCUT2D eigenvalue weighted by atomic mass is 19.4. The van der Waals surface area contributed by atoms with Gasteiger partial charge in [-0.1, -0.05) is 0 Å². The topological polar surface area (TPSA) is 55.2 Å². The summed E-state index contributed by atoms with van der Waals surface area (Å²) in [4.78, 5) is 9.62. The minimum absolute atomic E-state index is 0.144. The van der Waals surface area contributed by atoms with Gasteiger partial charge in [0.2, 0.25) is 0 Å². The van der Waals surface area contributed by atoms with Crippen LogP contribution >= 0.6 is 0 Å². The van der Waals surface area contributed by atoms with E-state index in [2.05, 4.69) is 5.32 Å². The van der Waals surface area contributed by atoms with Gasteiger partial charge in [0.15, 0.2) is 0 Å². The number of benzene rings is 1. The number of alkyl halides is 3. The minimum atomic E-state index is -4.57. The molecule has 0 radical (unpaired) electrons. The smallest absolute Gasteiger partial charge is 0.316 e. The Hall–Kier alpha value is -1.63. The number of hydrogen-bond donors (Lipinski definition) is 1. The Labute approximate surface area is 89.2 Å². The van der Waals surface area contributed by atoms with Gasteiger partial charge in [-0.25, -0.2) is 0 Å². The minimum Gasteiger partial charge on any atom is -0.316 e. The summed E-state index contributed by atoms with van der Waals surface area (Å²) < 4.78 is 37.2. The van der Waals surface area contributed by atoms with Crippen LogP contribution in [0.2, 0.25) is 0 Å². The average Bonchev–Trinajstić information content (AvgIpc) is 2.16. The molecule has 0 atom stereocenters. The fraction of sp³-hybridized carbons (Fsp3) is 0.333. The fourth-order valence-corrected chi connectivity index (χ4v) is 1.25. The first-order chi connectivity index (χ1) is 7.34. The molecule has 88 valence electrons. The lowest BCUT2D eigenvalue weighted by molar-refractivity contribution is -0.385. The van der Waals surface area contributed by atoms with E-state index in [0.29, 0.717) is 6.07 Å². The lowest BCUT2D eigenvalue weighted by Crippen LogP contribution is -2.10. The van der Waals surface area contributed by atoms with E-state index >= 15 is 0 Å². The molecule has 0 saturated heterocycles. The third kappa shape index (κ3) is 2.93. The van der Waals surface area contributed by atoms with Crippen LogP contribution < -0.4 is 5.32 Å². The van der Waals surface area contributed by atoms with Crippen LogP contribution in [-0.2, 0) is 12.7 Å². The molecule has 1 N–H and O–H groups in total. The number of nitrogens with zero attached hydrogens (tertiary/aromatic N) is 1. The molecule has 1 rings (SSSR count). The van der Waals surface area contributed by atoms with Gasteiger partial charge in [-0.05, 0) is 18.7 Å². The van der Waals surface area contributed by atoms with Gasteiger partial charge in [0, 0.05) is 18.7 Å². The SMILES string of the molecule is CNCc1cc([N+](=O)[O-])cc(C(F)(F)F)c1. The molecule has 16 heavy (non-hydrogen) atoms. The van der Waals surface area contributed by atoms with E-state index in [1.807, 2.05) is 0 Å². The molecular weight excluding hydrogens is 225 g/mol. The molecule has 0 aliphatic heterocycles. The maximum Gasteiger partial charge on any atom is 0.416 e. The zero-order valence-electron chi connectivity index (χ0n) is 8.34. The molecule has 0 amide bonds. The Morgan fingerprint density at radius 2 is 2.00 bits per heavy atom. The van der Waals surface area contributed by atoms with Crippen LogP contribution in [-0.4, -0.2) is 12.0 Å². The number of nitro groups is 1. The predicted molar refractivity (Wildman–Crippen MR) is 50.9 cm³/mol. The predicted octanol–water partition coefficient (Wildman–Crippen LogP) is 2.33. The molecule has 1 aromatic rings. The molecule has 0 heterocycles. The summed E-state index contributed by atoms with van der Waals surface area (Å²) in [7, 11) is 1.55. The Morgan fingerprint density at radius 3 is 2.44 bits per heavy atom. The highest BCUT2D eigenvalue weighted by molar-refractivity contribution is 5.40. The first kappa shape index (κ1) is 12.4. The molecule has 0 saturated carbocycles. The van der Waals surface area contributed by atoms with Crippen molar-refractivity contribution in [1.29, 1.82) is 0 Å². The van der Waals surface area contributed by atoms with Crippen LogP contribution in [0, 0.1) is 10.1 Å². The Morgan fingerprint density at radius 1 is 1.38 bits per heavy atom. The molecular formula is C9H9F3N2O2. The summed E-state index contributed by atoms with van der Waals surface area (Å²) >= 11 is 0. The van der Waals surface area contributed by atoms with Gasteiger partial charge in [0.1, 0.15) is 0 Å². The molecule has 0 bridgehead atoms. The third-order valence-electron chi connectivity index (χ3n) is 1.90. The van der Waals surface area contributed by atoms with Gasteiger partial charge in [-0.2, -0.15) is 13.2 Å². The zero-order valence-corrected chi connectivity index (χ0v) is 8.34. The van der Waals surface area contributed by atoms with E-state index in [-0.39, 0.29) is 12.1 Å². The monoisotopic (exact) mass is 234 g/mol. The van der Waals surface area contributed by atoms with Gasteiger partial charge in [0.25, 0.3) is 5.69 Å². The summed E-state index contributed by atoms with van der Waals surface area (Å²) in [6.45, 7) is 0.144. The number of non-ortho nitro benzene ring substituents is 1. The van der Waals surface area contributed by atoms with Crippen LogP contribution in [0.3, 0.4) is 0 Å². The summed E-state index contributed by atoms with van der Waals surface area (Å²) in [6.07, 6.45) is -4.57. The van der Waals surface area contributed by atoms with Crippen molar-refractivity contribution in [2.45, 2.75) is 12.7 Å². The molecule has 1 aromatic carbocycles. The van der Waals surface area contributed by atoms with E-state index < -0.39 is 22.4 Å². The third-order valence-corrected chi connectivity index (χ3v) is 1.90. The number of rotatable bonds is 3. The standard InChI is InChI=1S/C9H9F3N2O2/c1-13-5-6-2-7(9(10,11)12)4-8(3-6)14(15)16/h2-4,13H,5H2,1H3. The van der Waals surface area contributed by atoms with Crippen molar-refractivity contribution in [1.82, 2.24) is 5.32 Å². The maximum absolute atomic E-state index is 12.4. The van der Waals surface area contributed by atoms with Crippen molar-refractivity contribution in [3.8, 4) is 0 Å². The molecule has 0 fully saturated rings. The second-order valence-electron chi connectivity index (χ2n) is 3.17.